The van der Waals surface area contributed by atoms with Crippen molar-refractivity contribution in [3.8, 4) is 5.75 Å². The third-order valence-corrected chi connectivity index (χ3v) is 5.51. The first-order chi connectivity index (χ1) is 9.93. The molecule has 1 aliphatic heterocycles. The molecule has 0 aromatic heterocycles. The predicted octanol–water partition coefficient (Wildman–Crippen LogP) is 1.65. The molecule has 0 saturated carbocycles. The van der Waals surface area contributed by atoms with Gasteiger partial charge < -0.3 is 10.5 Å². The largest absolute Gasteiger partial charge is 0.435 e. The second kappa shape index (κ2) is 6.67. The summed E-state index contributed by atoms with van der Waals surface area (Å²) in [4.78, 5) is 0.0790. The molecular formula is C13H18F2N2O3S. The van der Waals surface area contributed by atoms with Gasteiger partial charge in [-0.2, -0.15) is 13.1 Å². The lowest BCUT2D eigenvalue weighted by molar-refractivity contribution is -0.0498. The van der Waals surface area contributed by atoms with Crippen LogP contribution < -0.4 is 10.5 Å². The van der Waals surface area contributed by atoms with Gasteiger partial charge in [-0.15, -0.1) is 0 Å². The van der Waals surface area contributed by atoms with Crippen molar-refractivity contribution in [2.24, 2.45) is 11.7 Å². The second-order valence-corrected chi connectivity index (χ2v) is 6.87. The SMILES string of the molecule is NCC1CCN(S(=O)(=O)c2ccc(OC(F)F)cc2)CC1. The molecule has 0 bridgehead atoms. The van der Waals surface area contributed by atoms with E-state index in [1.807, 2.05) is 0 Å². The molecule has 2 N–H and O–H groups in total. The van der Waals surface area contributed by atoms with Crippen LogP contribution in [0.3, 0.4) is 0 Å². The molecule has 8 heteroatoms. The number of nitrogens with zero attached hydrogens (tertiary/aromatic N) is 1. The van der Waals surface area contributed by atoms with Crippen LogP contribution in [-0.2, 0) is 10.0 Å². The van der Waals surface area contributed by atoms with Crippen LogP contribution in [0.2, 0.25) is 0 Å². The summed E-state index contributed by atoms with van der Waals surface area (Å²) in [7, 11) is -3.59. The quantitative estimate of drug-likeness (QED) is 0.895. The van der Waals surface area contributed by atoms with Gasteiger partial charge in [0.1, 0.15) is 5.75 Å². The van der Waals surface area contributed by atoms with E-state index < -0.39 is 16.6 Å². The predicted molar refractivity (Wildman–Crippen MR) is 73.6 cm³/mol. The number of ether oxygens (including phenoxy) is 1. The fourth-order valence-electron chi connectivity index (χ4n) is 2.33. The van der Waals surface area contributed by atoms with Crippen molar-refractivity contribution < 1.29 is 21.9 Å². The second-order valence-electron chi connectivity index (χ2n) is 4.93. The molecule has 0 aliphatic carbocycles. The first-order valence-electron chi connectivity index (χ1n) is 6.68. The van der Waals surface area contributed by atoms with Crippen LogP contribution in [0.4, 0.5) is 8.78 Å². The van der Waals surface area contributed by atoms with Gasteiger partial charge in [0.2, 0.25) is 10.0 Å². The zero-order valence-corrected chi connectivity index (χ0v) is 12.2. The Kier molecular flexibility index (Phi) is 5.13. The van der Waals surface area contributed by atoms with Crippen molar-refractivity contribution in [3.05, 3.63) is 24.3 Å². The van der Waals surface area contributed by atoms with Crippen LogP contribution >= 0.6 is 0 Å². The van der Waals surface area contributed by atoms with Gasteiger partial charge in [-0.1, -0.05) is 0 Å². The lowest BCUT2D eigenvalue weighted by Crippen LogP contribution is -2.39. The highest BCUT2D eigenvalue weighted by Crippen LogP contribution is 2.25. The minimum absolute atomic E-state index is 0.0641. The molecule has 1 heterocycles. The van der Waals surface area contributed by atoms with E-state index in [4.69, 9.17) is 5.73 Å². The summed E-state index contributed by atoms with van der Waals surface area (Å²) in [6.07, 6.45) is 1.48. The van der Waals surface area contributed by atoms with E-state index in [1.165, 1.54) is 28.6 Å². The van der Waals surface area contributed by atoms with Crippen LogP contribution in [-0.4, -0.2) is 39.0 Å². The summed E-state index contributed by atoms with van der Waals surface area (Å²) in [6.45, 7) is -1.50. The lowest BCUT2D eigenvalue weighted by Gasteiger charge is -2.30. The van der Waals surface area contributed by atoms with E-state index >= 15 is 0 Å². The molecule has 0 amide bonds. The highest BCUT2D eigenvalue weighted by molar-refractivity contribution is 7.89. The smallest absolute Gasteiger partial charge is 0.387 e. The van der Waals surface area contributed by atoms with Gasteiger partial charge in [-0.25, -0.2) is 8.42 Å². The molecule has 1 saturated heterocycles. The molecule has 1 fully saturated rings. The van der Waals surface area contributed by atoms with Gasteiger partial charge in [0.25, 0.3) is 0 Å². The minimum Gasteiger partial charge on any atom is -0.435 e. The highest BCUT2D eigenvalue weighted by atomic mass is 32.2. The van der Waals surface area contributed by atoms with Crippen molar-refractivity contribution in [1.29, 1.82) is 0 Å². The van der Waals surface area contributed by atoms with E-state index in [1.54, 1.807) is 0 Å². The van der Waals surface area contributed by atoms with E-state index in [-0.39, 0.29) is 10.6 Å². The Labute approximate surface area is 122 Å². The molecule has 0 spiro atoms. The van der Waals surface area contributed by atoms with Gasteiger partial charge in [-0.3, -0.25) is 0 Å². The van der Waals surface area contributed by atoms with E-state index in [0.717, 1.165) is 12.8 Å². The maximum Gasteiger partial charge on any atom is 0.387 e. The molecule has 1 aliphatic rings. The summed E-state index contributed by atoms with van der Waals surface area (Å²) in [5.74, 6) is 0.295. The summed E-state index contributed by atoms with van der Waals surface area (Å²) < 4.78 is 54.6. The number of hydrogen-bond acceptors (Lipinski definition) is 4. The number of nitrogens with two attached hydrogens (primary N) is 1. The number of alkyl halides is 2. The average Bonchev–Trinajstić information content (AvgIpc) is 2.47. The Bertz CT molecular complexity index is 555. The van der Waals surface area contributed by atoms with Crippen LogP contribution in [0, 0.1) is 5.92 Å². The molecule has 0 atom stereocenters. The van der Waals surface area contributed by atoms with Crippen LogP contribution in [0.15, 0.2) is 29.2 Å². The van der Waals surface area contributed by atoms with E-state index in [2.05, 4.69) is 4.74 Å². The number of piperidine rings is 1. The van der Waals surface area contributed by atoms with Gasteiger partial charge >= 0.3 is 6.61 Å². The van der Waals surface area contributed by atoms with Crippen LogP contribution in [0.5, 0.6) is 5.75 Å². The fraction of sp³-hybridized carbons (Fsp3) is 0.538. The average molecular weight is 320 g/mol. The van der Waals surface area contributed by atoms with Crippen LogP contribution in [0.25, 0.3) is 0 Å². The molecule has 2 rings (SSSR count). The van der Waals surface area contributed by atoms with Crippen molar-refractivity contribution in [2.45, 2.75) is 24.3 Å². The standard InChI is InChI=1S/C13H18F2N2O3S/c14-13(15)20-11-1-3-12(4-2-11)21(18,19)17-7-5-10(9-16)6-8-17/h1-4,10,13H,5-9,16H2. The molecule has 0 unspecified atom stereocenters. The molecule has 5 nitrogen and oxygen atoms in total. The summed E-state index contributed by atoms with van der Waals surface area (Å²) >= 11 is 0. The fourth-order valence-corrected chi connectivity index (χ4v) is 3.80. The highest BCUT2D eigenvalue weighted by Gasteiger charge is 2.28. The van der Waals surface area contributed by atoms with Gasteiger partial charge in [0.15, 0.2) is 0 Å². The van der Waals surface area contributed by atoms with E-state index in [0.29, 0.717) is 25.6 Å². The zero-order valence-electron chi connectivity index (χ0n) is 11.4. The van der Waals surface area contributed by atoms with E-state index in [9.17, 15) is 17.2 Å². The number of hydrogen-bond donors (Lipinski definition) is 1. The molecule has 1 aromatic rings. The van der Waals surface area contributed by atoms with Gasteiger partial charge in [-0.05, 0) is 49.6 Å². The Morgan fingerprint density at radius 2 is 1.81 bits per heavy atom. The normalized spacial score (nSPS) is 18.1. The maximum atomic E-state index is 12.4. The molecule has 0 radical (unpaired) electrons. The number of benzene rings is 1. The molecular weight excluding hydrogens is 302 g/mol. The maximum absolute atomic E-state index is 12.4. The molecule has 1 aromatic carbocycles. The summed E-state index contributed by atoms with van der Waals surface area (Å²) in [5, 5.41) is 0. The van der Waals surface area contributed by atoms with Crippen molar-refractivity contribution in [1.82, 2.24) is 4.31 Å². The third kappa shape index (κ3) is 3.90. The summed E-state index contributed by atoms with van der Waals surface area (Å²) in [6, 6.07) is 5.02. The topological polar surface area (TPSA) is 72.6 Å². The van der Waals surface area contributed by atoms with Crippen molar-refractivity contribution in [3.63, 3.8) is 0 Å². The summed E-state index contributed by atoms with van der Waals surface area (Å²) in [5.41, 5.74) is 5.58. The zero-order chi connectivity index (χ0) is 15.5. The minimum atomic E-state index is -3.59. The Morgan fingerprint density at radius 1 is 1.24 bits per heavy atom. The van der Waals surface area contributed by atoms with Gasteiger partial charge in [0, 0.05) is 13.1 Å². The first kappa shape index (κ1) is 16.1. The number of rotatable bonds is 5. The molecule has 21 heavy (non-hydrogen) atoms. The Morgan fingerprint density at radius 3 is 2.29 bits per heavy atom. The van der Waals surface area contributed by atoms with Crippen molar-refractivity contribution in [2.75, 3.05) is 19.6 Å². The van der Waals surface area contributed by atoms with Crippen LogP contribution in [0.1, 0.15) is 12.8 Å². The Balaban J connectivity index is 2.09. The van der Waals surface area contributed by atoms with Crippen molar-refractivity contribution >= 4 is 10.0 Å². The first-order valence-corrected chi connectivity index (χ1v) is 8.12. The Hall–Kier alpha value is -1.25. The number of sulfonamides is 1. The molecule has 118 valence electrons. The third-order valence-electron chi connectivity index (χ3n) is 3.59. The lowest BCUT2D eigenvalue weighted by atomic mass is 9.99. The van der Waals surface area contributed by atoms with Gasteiger partial charge in [0.05, 0.1) is 4.90 Å². The number of halogens is 2. The monoisotopic (exact) mass is 320 g/mol.